The first-order valence-electron chi connectivity index (χ1n) is 8.93. The standard InChI is InChI=1S/C21H27N3O/c1-23(2)20(25)15-19-16-22-13-14-24(19)21(17-9-5-3-6-10-17)18-11-7-4-8-12-18/h3-12,19,21-22H,13-16H2,1-2H3/t19-/m1/s1. The van der Waals surface area contributed by atoms with Gasteiger partial charge in [-0.25, -0.2) is 0 Å². The molecule has 0 bridgehead atoms. The van der Waals surface area contributed by atoms with Crippen molar-refractivity contribution in [3.63, 3.8) is 0 Å². The fourth-order valence-corrected chi connectivity index (χ4v) is 3.54. The first-order chi connectivity index (χ1) is 12.2. The lowest BCUT2D eigenvalue weighted by molar-refractivity contribution is -0.130. The molecule has 0 saturated carbocycles. The van der Waals surface area contributed by atoms with E-state index >= 15 is 0 Å². The van der Waals surface area contributed by atoms with Crippen LogP contribution in [0.4, 0.5) is 0 Å². The highest BCUT2D eigenvalue weighted by Gasteiger charge is 2.32. The SMILES string of the molecule is CN(C)C(=O)C[C@@H]1CNCCN1C(c1ccccc1)c1ccccc1. The van der Waals surface area contributed by atoms with E-state index in [-0.39, 0.29) is 18.0 Å². The fourth-order valence-electron chi connectivity index (χ4n) is 3.54. The molecule has 25 heavy (non-hydrogen) atoms. The van der Waals surface area contributed by atoms with Crippen molar-refractivity contribution in [2.75, 3.05) is 33.7 Å². The molecule has 1 aliphatic rings. The van der Waals surface area contributed by atoms with Gasteiger partial charge < -0.3 is 10.2 Å². The van der Waals surface area contributed by atoms with Crippen LogP contribution in [0.2, 0.25) is 0 Å². The number of nitrogens with zero attached hydrogens (tertiary/aromatic N) is 2. The van der Waals surface area contributed by atoms with Gasteiger partial charge in [-0.1, -0.05) is 60.7 Å². The van der Waals surface area contributed by atoms with E-state index in [4.69, 9.17) is 0 Å². The second-order valence-corrected chi connectivity index (χ2v) is 6.81. The maximum Gasteiger partial charge on any atom is 0.223 e. The van der Waals surface area contributed by atoms with E-state index in [2.05, 4.69) is 70.9 Å². The number of hydrogen-bond donors (Lipinski definition) is 1. The van der Waals surface area contributed by atoms with Crippen LogP contribution in [0.3, 0.4) is 0 Å². The van der Waals surface area contributed by atoms with Crippen molar-refractivity contribution in [1.29, 1.82) is 0 Å². The van der Waals surface area contributed by atoms with Crippen molar-refractivity contribution in [2.45, 2.75) is 18.5 Å². The second-order valence-electron chi connectivity index (χ2n) is 6.81. The summed E-state index contributed by atoms with van der Waals surface area (Å²) in [5.41, 5.74) is 2.55. The van der Waals surface area contributed by atoms with Crippen LogP contribution in [0.25, 0.3) is 0 Å². The molecule has 2 aromatic rings. The van der Waals surface area contributed by atoms with E-state index in [1.807, 2.05) is 14.1 Å². The molecule has 0 spiro atoms. The first kappa shape index (κ1) is 17.6. The number of piperazine rings is 1. The summed E-state index contributed by atoms with van der Waals surface area (Å²) in [6.07, 6.45) is 0.538. The molecule has 0 unspecified atom stereocenters. The van der Waals surface area contributed by atoms with E-state index in [1.54, 1.807) is 4.90 Å². The number of hydrogen-bond acceptors (Lipinski definition) is 3. The third kappa shape index (κ3) is 4.27. The van der Waals surface area contributed by atoms with Crippen LogP contribution >= 0.6 is 0 Å². The quantitative estimate of drug-likeness (QED) is 0.911. The summed E-state index contributed by atoms with van der Waals surface area (Å²) in [5.74, 6) is 0.179. The van der Waals surface area contributed by atoms with Crippen LogP contribution in [-0.2, 0) is 4.79 Å². The molecule has 4 heteroatoms. The summed E-state index contributed by atoms with van der Waals surface area (Å²) >= 11 is 0. The van der Waals surface area contributed by atoms with Gasteiger partial charge in [0.1, 0.15) is 0 Å². The molecule has 3 rings (SSSR count). The van der Waals surface area contributed by atoms with E-state index in [0.717, 1.165) is 19.6 Å². The minimum absolute atomic E-state index is 0.171. The Kier molecular flexibility index (Phi) is 5.84. The van der Waals surface area contributed by atoms with Crippen LogP contribution in [-0.4, -0.2) is 55.5 Å². The minimum atomic E-state index is 0.171. The predicted molar refractivity (Wildman–Crippen MR) is 101 cm³/mol. The molecule has 1 aliphatic heterocycles. The van der Waals surface area contributed by atoms with Crippen molar-refractivity contribution in [2.24, 2.45) is 0 Å². The van der Waals surface area contributed by atoms with Gasteiger partial charge in [0.2, 0.25) is 5.91 Å². The number of carbonyl (C=O) groups is 1. The molecular formula is C21H27N3O. The van der Waals surface area contributed by atoms with Gasteiger partial charge in [0.05, 0.1) is 6.04 Å². The van der Waals surface area contributed by atoms with Crippen LogP contribution in [0.1, 0.15) is 23.6 Å². The molecule has 1 atom stereocenters. The van der Waals surface area contributed by atoms with Crippen molar-refractivity contribution < 1.29 is 4.79 Å². The second kappa shape index (κ2) is 8.28. The molecule has 1 fully saturated rings. The lowest BCUT2D eigenvalue weighted by atomic mass is 9.94. The summed E-state index contributed by atoms with van der Waals surface area (Å²) in [5, 5.41) is 3.45. The maximum absolute atomic E-state index is 12.3. The molecule has 132 valence electrons. The summed E-state index contributed by atoms with van der Waals surface area (Å²) in [6, 6.07) is 21.6. The highest BCUT2D eigenvalue weighted by atomic mass is 16.2. The average molecular weight is 337 g/mol. The smallest absolute Gasteiger partial charge is 0.223 e. The Morgan fingerprint density at radius 1 is 1.08 bits per heavy atom. The van der Waals surface area contributed by atoms with Crippen LogP contribution in [0, 0.1) is 0 Å². The van der Waals surface area contributed by atoms with Gasteiger partial charge in [-0.05, 0) is 11.1 Å². The molecule has 2 aromatic carbocycles. The zero-order valence-corrected chi connectivity index (χ0v) is 15.1. The topological polar surface area (TPSA) is 35.6 Å². The fraction of sp³-hybridized carbons (Fsp3) is 0.381. The van der Waals surface area contributed by atoms with E-state index in [9.17, 15) is 4.79 Å². The van der Waals surface area contributed by atoms with Crippen molar-refractivity contribution in [3.8, 4) is 0 Å². The number of benzene rings is 2. The normalized spacial score (nSPS) is 18.3. The molecular weight excluding hydrogens is 310 g/mol. The largest absolute Gasteiger partial charge is 0.349 e. The highest BCUT2D eigenvalue weighted by Crippen LogP contribution is 2.31. The summed E-state index contributed by atoms with van der Waals surface area (Å²) in [6.45, 7) is 2.72. The van der Waals surface area contributed by atoms with Gasteiger partial charge >= 0.3 is 0 Å². The number of amides is 1. The van der Waals surface area contributed by atoms with Gasteiger partial charge in [0, 0.05) is 46.2 Å². The molecule has 1 N–H and O–H groups in total. The molecule has 1 amide bonds. The van der Waals surface area contributed by atoms with E-state index < -0.39 is 0 Å². The van der Waals surface area contributed by atoms with Gasteiger partial charge in [-0.2, -0.15) is 0 Å². The Labute approximate surface area is 150 Å². The van der Waals surface area contributed by atoms with Crippen LogP contribution in [0.5, 0.6) is 0 Å². The molecule has 0 aromatic heterocycles. The van der Waals surface area contributed by atoms with Gasteiger partial charge in [-0.3, -0.25) is 9.69 Å². The lowest BCUT2D eigenvalue weighted by Gasteiger charge is -2.42. The average Bonchev–Trinajstić information content (AvgIpc) is 2.65. The van der Waals surface area contributed by atoms with Gasteiger partial charge in [0.15, 0.2) is 0 Å². The Morgan fingerprint density at radius 2 is 1.64 bits per heavy atom. The zero-order valence-electron chi connectivity index (χ0n) is 15.1. The Hall–Kier alpha value is -2.17. The minimum Gasteiger partial charge on any atom is -0.349 e. The van der Waals surface area contributed by atoms with Crippen molar-refractivity contribution in [3.05, 3.63) is 71.8 Å². The maximum atomic E-state index is 12.3. The molecule has 1 saturated heterocycles. The summed E-state index contributed by atoms with van der Waals surface area (Å²) in [7, 11) is 3.66. The monoisotopic (exact) mass is 337 g/mol. The molecule has 0 radical (unpaired) electrons. The van der Waals surface area contributed by atoms with Crippen molar-refractivity contribution >= 4 is 5.91 Å². The number of nitrogens with one attached hydrogen (secondary N) is 1. The predicted octanol–water partition coefficient (Wildman–Crippen LogP) is 2.53. The van der Waals surface area contributed by atoms with Gasteiger partial charge in [-0.15, -0.1) is 0 Å². The zero-order chi connectivity index (χ0) is 17.6. The Bertz CT molecular complexity index is 633. The van der Waals surface area contributed by atoms with E-state index in [0.29, 0.717) is 6.42 Å². The highest BCUT2D eigenvalue weighted by molar-refractivity contribution is 5.76. The van der Waals surface area contributed by atoms with Crippen LogP contribution in [0.15, 0.2) is 60.7 Å². The van der Waals surface area contributed by atoms with Crippen LogP contribution < -0.4 is 5.32 Å². The van der Waals surface area contributed by atoms with Crippen molar-refractivity contribution in [1.82, 2.24) is 15.1 Å². The third-order valence-electron chi connectivity index (χ3n) is 4.87. The summed E-state index contributed by atoms with van der Waals surface area (Å²) in [4.78, 5) is 16.5. The third-order valence-corrected chi connectivity index (χ3v) is 4.87. The molecule has 1 heterocycles. The number of carbonyl (C=O) groups excluding carboxylic acids is 1. The van der Waals surface area contributed by atoms with E-state index in [1.165, 1.54) is 11.1 Å². The molecule has 0 aliphatic carbocycles. The summed E-state index contributed by atoms with van der Waals surface area (Å²) < 4.78 is 0. The number of rotatable bonds is 5. The lowest BCUT2D eigenvalue weighted by Crippen LogP contribution is -2.54. The Balaban J connectivity index is 1.94. The molecule has 4 nitrogen and oxygen atoms in total. The first-order valence-corrected chi connectivity index (χ1v) is 8.93. The Morgan fingerprint density at radius 3 is 2.16 bits per heavy atom. The van der Waals surface area contributed by atoms with Gasteiger partial charge in [0.25, 0.3) is 0 Å².